The van der Waals surface area contributed by atoms with E-state index in [1.165, 1.54) is 5.56 Å². The largest absolute Gasteiger partial charge is 0.378 e. The number of hydrogen-bond acceptors (Lipinski definition) is 3. The van der Waals surface area contributed by atoms with Crippen LogP contribution in [0.5, 0.6) is 0 Å². The van der Waals surface area contributed by atoms with Crippen LogP contribution in [0, 0.1) is 0 Å². The summed E-state index contributed by atoms with van der Waals surface area (Å²) >= 11 is 5.95. The lowest BCUT2D eigenvalue weighted by Crippen LogP contribution is -2.53. The van der Waals surface area contributed by atoms with Gasteiger partial charge in [-0.25, -0.2) is 0 Å². The molecule has 0 aromatic heterocycles. The highest BCUT2D eigenvalue weighted by Crippen LogP contribution is 2.23. The van der Waals surface area contributed by atoms with Crippen molar-refractivity contribution < 1.29 is 4.74 Å². The van der Waals surface area contributed by atoms with E-state index in [1.807, 2.05) is 19.2 Å². The minimum Gasteiger partial charge on any atom is -0.378 e. The van der Waals surface area contributed by atoms with Crippen molar-refractivity contribution >= 4 is 11.6 Å². The second-order valence-electron chi connectivity index (χ2n) is 6.03. The van der Waals surface area contributed by atoms with Crippen molar-refractivity contribution in [1.82, 2.24) is 10.2 Å². The molecule has 0 aliphatic carbocycles. The van der Waals surface area contributed by atoms with Gasteiger partial charge in [0.1, 0.15) is 0 Å². The Morgan fingerprint density at radius 1 is 1.35 bits per heavy atom. The van der Waals surface area contributed by atoms with Gasteiger partial charge >= 0.3 is 0 Å². The van der Waals surface area contributed by atoms with E-state index >= 15 is 0 Å². The van der Waals surface area contributed by atoms with Crippen molar-refractivity contribution in [2.45, 2.75) is 31.8 Å². The number of hydrogen-bond donors (Lipinski definition) is 1. The Bertz CT molecular complexity index is 419. The lowest BCUT2D eigenvalue weighted by atomic mass is 9.99. The first-order valence-corrected chi connectivity index (χ1v) is 7.66. The van der Waals surface area contributed by atoms with Crippen molar-refractivity contribution in [3.8, 4) is 0 Å². The molecule has 1 aliphatic heterocycles. The third kappa shape index (κ3) is 3.95. The summed E-state index contributed by atoms with van der Waals surface area (Å²) in [5.41, 5.74) is 1.43. The first-order chi connectivity index (χ1) is 9.53. The molecule has 4 heteroatoms. The second-order valence-corrected chi connectivity index (χ2v) is 6.47. The van der Waals surface area contributed by atoms with Crippen LogP contribution in [0.3, 0.4) is 0 Å². The molecule has 1 fully saturated rings. The van der Waals surface area contributed by atoms with Gasteiger partial charge in [-0.1, -0.05) is 23.7 Å². The summed E-state index contributed by atoms with van der Waals surface area (Å²) in [5, 5.41) is 4.19. The molecule has 1 atom stereocenters. The zero-order valence-corrected chi connectivity index (χ0v) is 13.4. The van der Waals surface area contributed by atoms with Crippen LogP contribution in [0.25, 0.3) is 0 Å². The van der Waals surface area contributed by atoms with Gasteiger partial charge in [0.2, 0.25) is 0 Å². The fourth-order valence-corrected chi connectivity index (χ4v) is 2.89. The van der Waals surface area contributed by atoms with Crippen LogP contribution >= 0.6 is 11.6 Å². The monoisotopic (exact) mass is 296 g/mol. The smallest absolute Gasteiger partial charge is 0.0645 e. The Balaban J connectivity index is 1.95. The fourth-order valence-electron chi connectivity index (χ4n) is 2.76. The lowest BCUT2D eigenvalue weighted by molar-refractivity contribution is -0.0520. The molecule has 0 spiro atoms. The number of nitrogens with zero attached hydrogens (tertiary/aromatic N) is 1. The maximum Gasteiger partial charge on any atom is 0.0645 e. The summed E-state index contributed by atoms with van der Waals surface area (Å²) in [6.07, 6.45) is 1.08. The van der Waals surface area contributed by atoms with Crippen LogP contribution in [0.4, 0.5) is 0 Å². The molecule has 0 bridgehead atoms. The molecular formula is C16H25ClN2O. The van der Waals surface area contributed by atoms with E-state index in [0.717, 1.165) is 37.7 Å². The molecule has 1 aliphatic rings. The van der Waals surface area contributed by atoms with Crippen LogP contribution in [-0.2, 0) is 4.74 Å². The Labute approximate surface area is 127 Å². The summed E-state index contributed by atoms with van der Waals surface area (Å²) in [5.74, 6) is 0. The third-order valence-corrected chi connectivity index (χ3v) is 4.38. The van der Waals surface area contributed by atoms with Crippen molar-refractivity contribution in [3.63, 3.8) is 0 Å². The molecule has 1 aromatic rings. The Kier molecular flexibility index (Phi) is 5.44. The minimum atomic E-state index is 0.135. The number of halogens is 1. The zero-order chi connectivity index (χ0) is 14.6. The quantitative estimate of drug-likeness (QED) is 0.903. The van der Waals surface area contributed by atoms with E-state index in [0.29, 0.717) is 6.04 Å². The highest BCUT2D eigenvalue weighted by Gasteiger charge is 2.30. The van der Waals surface area contributed by atoms with Gasteiger partial charge < -0.3 is 10.1 Å². The lowest BCUT2D eigenvalue weighted by Gasteiger charge is -2.42. The summed E-state index contributed by atoms with van der Waals surface area (Å²) in [6, 6.07) is 8.49. The van der Waals surface area contributed by atoms with Crippen molar-refractivity contribution in [2.75, 3.05) is 33.4 Å². The normalized spacial score (nSPS) is 20.8. The highest BCUT2D eigenvalue weighted by molar-refractivity contribution is 6.30. The topological polar surface area (TPSA) is 24.5 Å². The summed E-state index contributed by atoms with van der Waals surface area (Å²) in [4.78, 5) is 2.52. The molecular weight excluding hydrogens is 272 g/mol. The molecule has 1 heterocycles. The first kappa shape index (κ1) is 15.8. The minimum absolute atomic E-state index is 0.135. The molecule has 0 amide bonds. The van der Waals surface area contributed by atoms with Crippen molar-refractivity contribution in [2.24, 2.45) is 0 Å². The standard InChI is InChI=1S/C16H25ClN2O/c1-16(2)12-20-11-10-19(16)9-8-15(18-3)13-4-6-14(17)7-5-13/h4-7,15,18H,8-12H2,1-3H3. The molecule has 0 radical (unpaired) electrons. The van der Waals surface area contributed by atoms with Gasteiger partial charge in [0.15, 0.2) is 0 Å². The van der Waals surface area contributed by atoms with Crippen LogP contribution in [0.1, 0.15) is 31.9 Å². The van der Waals surface area contributed by atoms with Crippen LogP contribution < -0.4 is 5.32 Å². The zero-order valence-electron chi connectivity index (χ0n) is 12.7. The van der Waals surface area contributed by atoms with E-state index in [4.69, 9.17) is 16.3 Å². The summed E-state index contributed by atoms with van der Waals surface area (Å²) in [7, 11) is 2.02. The summed E-state index contributed by atoms with van der Waals surface area (Å²) in [6.45, 7) is 8.26. The van der Waals surface area contributed by atoms with E-state index in [2.05, 4.69) is 36.2 Å². The molecule has 2 rings (SSSR count). The van der Waals surface area contributed by atoms with Crippen molar-refractivity contribution in [3.05, 3.63) is 34.9 Å². The highest BCUT2D eigenvalue weighted by atomic mass is 35.5. The van der Waals surface area contributed by atoms with Gasteiger partial charge in [-0.05, 0) is 45.0 Å². The van der Waals surface area contributed by atoms with E-state index in [-0.39, 0.29) is 5.54 Å². The second kappa shape index (κ2) is 6.90. The van der Waals surface area contributed by atoms with E-state index < -0.39 is 0 Å². The third-order valence-electron chi connectivity index (χ3n) is 4.13. The number of nitrogens with one attached hydrogen (secondary N) is 1. The molecule has 1 saturated heterocycles. The van der Waals surface area contributed by atoms with Gasteiger partial charge in [-0.3, -0.25) is 4.90 Å². The molecule has 1 N–H and O–H groups in total. The number of benzene rings is 1. The average Bonchev–Trinajstić information content (AvgIpc) is 2.42. The number of morpholine rings is 1. The number of ether oxygens (including phenoxy) is 1. The van der Waals surface area contributed by atoms with Crippen LogP contribution in [-0.4, -0.2) is 43.8 Å². The Morgan fingerprint density at radius 2 is 2.05 bits per heavy atom. The Hall–Kier alpha value is -0.610. The SMILES string of the molecule is CNC(CCN1CCOCC1(C)C)c1ccc(Cl)cc1. The predicted octanol–water partition coefficient (Wildman–Crippen LogP) is 3.10. The van der Waals surface area contributed by atoms with Crippen molar-refractivity contribution in [1.29, 1.82) is 0 Å². The maximum atomic E-state index is 5.95. The fraction of sp³-hybridized carbons (Fsp3) is 0.625. The molecule has 20 heavy (non-hydrogen) atoms. The van der Waals surface area contributed by atoms with Gasteiger partial charge in [-0.15, -0.1) is 0 Å². The molecule has 112 valence electrons. The Morgan fingerprint density at radius 3 is 2.65 bits per heavy atom. The summed E-state index contributed by atoms with van der Waals surface area (Å²) < 4.78 is 5.57. The van der Waals surface area contributed by atoms with Gasteiger partial charge in [0.25, 0.3) is 0 Å². The van der Waals surface area contributed by atoms with Gasteiger partial charge in [0.05, 0.1) is 13.2 Å². The molecule has 3 nitrogen and oxygen atoms in total. The van der Waals surface area contributed by atoms with Crippen LogP contribution in [0.15, 0.2) is 24.3 Å². The average molecular weight is 297 g/mol. The molecule has 1 unspecified atom stereocenters. The van der Waals surface area contributed by atoms with Gasteiger partial charge in [0, 0.05) is 29.7 Å². The first-order valence-electron chi connectivity index (χ1n) is 7.28. The molecule has 0 saturated carbocycles. The van der Waals surface area contributed by atoms with E-state index in [1.54, 1.807) is 0 Å². The molecule has 1 aromatic carbocycles. The van der Waals surface area contributed by atoms with Gasteiger partial charge in [-0.2, -0.15) is 0 Å². The number of rotatable bonds is 5. The van der Waals surface area contributed by atoms with Crippen LogP contribution in [0.2, 0.25) is 5.02 Å². The van der Waals surface area contributed by atoms with E-state index in [9.17, 15) is 0 Å². The maximum absolute atomic E-state index is 5.95. The predicted molar refractivity (Wildman–Crippen MR) is 84.3 cm³/mol.